The summed E-state index contributed by atoms with van der Waals surface area (Å²) in [5.41, 5.74) is 0. The lowest BCUT2D eigenvalue weighted by molar-refractivity contribution is 0.0713. The standard InChI is InChI=1S/C12H20N4O2/c1-3-16(8-10-5-4-6-13-7-10)12(17)11-14-9(2)18-15-11/h10,13H,3-8H2,1-2H3. The van der Waals surface area contributed by atoms with Crippen LogP contribution < -0.4 is 5.32 Å². The fraction of sp³-hybridized carbons (Fsp3) is 0.750. The Morgan fingerprint density at radius 1 is 1.61 bits per heavy atom. The maximum atomic E-state index is 12.2. The third-order valence-corrected chi connectivity index (χ3v) is 3.27. The molecule has 1 aliphatic heterocycles. The minimum Gasteiger partial charge on any atom is -0.339 e. The van der Waals surface area contributed by atoms with E-state index >= 15 is 0 Å². The monoisotopic (exact) mass is 252 g/mol. The van der Waals surface area contributed by atoms with Gasteiger partial charge in [0.15, 0.2) is 0 Å². The number of carbonyl (C=O) groups is 1. The van der Waals surface area contributed by atoms with E-state index in [1.165, 1.54) is 12.8 Å². The van der Waals surface area contributed by atoms with Crippen molar-refractivity contribution < 1.29 is 9.32 Å². The van der Waals surface area contributed by atoms with E-state index in [9.17, 15) is 4.79 Å². The highest BCUT2D eigenvalue weighted by Crippen LogP contribution is 2.13. The number of aromatic nitrogens is 2. The van der Waals surface area contributed by atoms with E-state index < -0.39 is 0 Å². The molecule has 2 heterocycles. The Hall–Kier alpha value is -1.43. The second-order valence-electron chi connectivity index (χ2n) is 4.69. The number of nitrogens with zero attached hydrogens (tertiary/aromatic N) is 3. The van der Waals surface area contributed by atoms with Crippen molar-refractivity contribution in [3.05, 3.63) is 11.7 Å². The van der Waals surface area contributed by atoms with Gasteiger partial charge in [-0.3, -0.25) is 4.79 Å². The molecule has 1 amide bonds. The molecule has 0 aromatic carbocycles. The van der Waals surface area contributed by atoms with E-state index in [0.29, 0.717) is 18.4 Å². The van der Waals surface area contributed by atoms with Crippen LogP contribution >= 0.6 is 0 Å². The third-order valence-electron chi connectivity index (χ3n) is 3.27. The van der Waals surface area contributed by atoms with Gasteiger partial charge >= 0.3 is 0 Å². The molecule has 1 unspecified atom stereocenters. The van der Waals surface area contributed by atoms with Gasteiger partial charge in [0, 0.05) is 20.0 Å². The normalized spacial score (nSPS) is 19.8. The highest BCUT2D eigenvalue weighted by Gasteiger charge is 2.23. The predicted octanol–water partition coefficient (Wildman–Crippen LogP) is 0.840. The first kappa shape index (κ1) is 13.0. The van der Waals surface area contributed by atoms with Crippen molar-refractivity contribution in [2.75, 3.05) is 26.2 Å². The van der Waals surface area contributed by atoms with Gasteiger partial charge in [0.05, 0.1) is 0 Å². The van der Waals surface area contributed by atoms with E-state index in [0.717, 1.165) is 19.6 Å². The summed E-state index contributed by atoms with van der Waals surface area (Å²) in [5, 5.41) is 7.04. The zero-order chi connectivity index (χ0) is 13.0. The molecule has 1 aromatic rings. The number of nitrogens with one attached hydrogen (secondary N) is 1. The molecule has 0 radical (unpaired) electrons. The first-order chi connectivity index (χ1) is 8.70. The van der Waals surface area contributed by atoms with Crippen LogP contribution in [0.15, 0.2) is 4.52 Å². The first-order valence-corrected chi connectivity index (χ1v) is 6.51. The van der Waals surface area contributed by atoms with Gasteiger partial charge in [-0.1, -0.05) is 5.16 Å². The van der Waals surface area contributed by atoms with E-state index in [1.54, 1.807) is 11.8 Å². The molecule has 0 spiro atoms. The van der Waals surface area contributed by atoms with Gasteiger partial charge in [-0.15, -0.1) is 0 Å². The minimum atomic E-state index is -0.139. The van der Waals surface area contributed by atoms with Crippen LogP contribution in [0.4, 0.5) is 0 Å². The SMILES string of the molecule is CCN(CC1CCCNC1)C(=O)c1noc(C)n1. The minimum absolute atomic E-state index is 0.139. The average Bonchev–Trinajstić information content (AvgIpc) is 2.83. The number of piperidine rings is 1. The Balaban J connectivity index is 1.97. The maximum absolute atomic E-state index is 12.2. The quantitative estimate of drug-likeness (QED) is 0.859. The van der Waals surface area contributed by atoms with Gasteiger partial charge in [0.1, 0.15) is 0 Å². The second-order valence-corrected chi connectivity index (χ2v) is 4.69. The molecule has 6 nitrogen and oxygen atoms in total. The molecule has 1 aliphatic rings. The highest BCUT2D eigenvalue weighted by atomic mass is 16.5. The highest BCUT2D eigenvalue weighted by molar-refractivity contribution is 5.90. The largest absolute Gasteiger partial charge is 0.339 e. The Labute approximate surface area is 107 Å². The maximum Gasteiger partial charge on any atom is 0.295 e. The lowest BCUT2D eigenvalue weighted by Crippen LogP contribution is -2.41. The second kappa shape index (κ2) is 5.95. The molecule has 2 rings (SSSR count). The van der Waals surface area contributed by atoms with Crippen molar-refractivity contribution in [2.45, 2.75) is 26.7 Å². The Bertz CT molecular complexity index is 399. The van der Waals surface area contributed by atoms with Crippen molar-refractivity contribution in [1.29, 1.82) is 0 Å². The zero-order valence-electron chi connectivity index (χ0n) is 11.0. The molecule has 1 atom stereocenters. The molecular formula is C12H20N4O2. The fourth-order valence-electron chi connectivity index (χ4n) is 2.27. The number of carbonyl (C=O) groups excluding carboxylic acids is 1. The number of rotatable bonds is 4. The summed E-state index contributed by atoms with van der Waals surface area (Å²) in [7, 11) is 0. The lowest BCUT2D eigenvalue weighted by atomic mass is 9.99. The van der Waals surface area contributed by atoms with Gasteiger partial charge < -0.3 is 14.7 Å². The van der Waals surface area contributed by atoms with E-state index in [1.807, 2.05) is 6.92 Å². The van der Waals surface area contributed by atoms with E-state index in [4.69, 9.17) is 4.52 Å². The van der Waals surface area contributed by atoms with Crippen LogP contribution in [0.5, 0.6) is 0 Å². The molecule has 0 bridgehead atoms. The van der Waals surface area contributed by atoms with Crippen molar-refractivity contribution in [3.8, 4) is 0 Å². The van der Waals surface area contributed by atoms with Crippen LogP contribution in [0.3, 0.4) is 0 Å². The molecule has 0 saturated carbocycles. The van der Waals surface area contributed by atoms with Crippen LogP contribution in [0, 0.1) is 12.8 Å². The Morgan fingerprint density at radius 3 is 3.00 bits per heavy atom. The fourth-order valence-corrected chi connectivity index (χ4v) is 2.27. The number of amides is 1. The van der Waals surface area contributed by atoms with Crippen LogP contribution in [0.2, 0.25) is 0 Å². The Kier molecular flexibility index (Phi) is 4.30. The van der Waals surface area contributed by atoms with Crippen LogP contribution in [0.25, 0.3) is 0 Å². The zero-order valence-corrected chi connectivity index (χ0v) is 11.0. The third kappa shape index (κ3) is 3.07. The van der Waals surface area contributed by atoms with Crippen molar-refractivity contribution in [2.24, 2.45) is 5.92 Å². The van der Waals surface area contributed by atoms with Crippen LogP contribution in [-0.2, 0) is 0 Å². The van der Waals surface area contributed by atoms with Crippen molar-refractivity contribution >= 4 is 5.91 Å². The summed E-state index contributed by atoms with van der Waals surface area (Å²) in [5.74, 6) is 0.974. The number of aryl methyl sites for hydroxylation is 1. The summed E-state index contributed by atoms with van der Waals surface area (Å²) >= 11 is 0. The average molecular weight is 252 g/mol. The number of hydrogen-bond acceptors (Lipinski definition) is 5. The number of hydrogen-bond donors (Lipinski definition) is 1. The van der Waals surface area contributed by atoms with Gasteiger partial charge in [0.25, 0.3) is 11.7 Å². The first-order valence-electron chi connectivity index (χ1n) is 6.51. The summed E-state index contributed by atoms with van der Waals surface area (Å²) in [6.07, 6.45) is 2.35. The molecule has 1 fully saturated rings. The van der Waals surface area contributed by atoms with Gasteiger partial charge in [-0.25, -0.2) is 0 Å². The summed E-state index contributed by atoms with van der Waals surface area (Å²) < 4.78 is 4.85. The lowest BCUT2D eigenvalue weighted by Gasteiger charge is -2.28. The summed E-state index contributed by atoms with van der Waals surface area (Å²) in [6.45, 7) is 7.15. The smallest absolute Gasteiger partial charge is 0.295 e. The molecule has 18 heavy (non-hydrogen) atoms. The van der Waals surface area contributed by atoms with E-state index in [-0.39, 0.29) is 11.7 Å². The summed E-state index contributed by atoms with van der Waals surface area (Å²) in [4.78, 5) is 18.0. The molecule has 6 heteroatoms. The van der Waals surface area contributed by atoms with Crippen molar-refractivity contribution in [3.63, 3.8) is 0 Å². The molecule has 100 valence electrons. The molecular weight excluding hydrogens is 232 g/mol. The van der Waals surface area contributed by atoms with Gasteiger partial charge in [-0.05, 0) is 38.8 Å². The molecule has 0 aliphatic carbocycles. The predicted molar refractivity (Wildman–Crippen MR) is 66.2 cm³/mol. The molecule has 1 saturated heterocycles. The molecule has 1 N–H and O–H groups in total. The molecule has 1 aromatic heterocycles. The van der Waals surface area contributed by atoms with Gasteiger partial charge in [0.2, 0.25) is 5.89 Å². The van der Waals surface area contributed by atoms with Crippen LogP contribution in [-0.4, -0.2) is 47.1 Å². The topological polar surface area (TPSA) is 71.3 Å². The van der Waals surface area contributed by atoms with E-state index in [2.05, 4.69) is 15.5 Å². The summed E-state index contributed by atoms with van der Waals surface area (Å²) in [6, 6.07) is 0. The van der Waals surface area contributed by atoms with Gasteiger partial charge in [-0.2, -0.15) is 4.98 Å². The van der Waals surface area contributed by atoms with Crippen LogP contribution in [0.1, 0.15) is 36.3 Å². The Morgan fingerprint density at radius 2 is 2.44 bits per heavy atom. The van der Waals surface area contributed by atoms with Crippen molar-refractivity contribution in [1.82, 2.24) is 20.4 Å².